The van der Waals surface area contributed by atoms with Gasteiger partial charge in [-0.2, -0.15) is 0 Å². The summed E-state index contributed by atoms with van der Waals surface area (Å²) in [4.78, 5) is 3.38. The largest absolute Gasteiger partial charge is 0.358 e. The molecule has 164 valence electrons. The molecule has 1 aliphatic heterocycles. The van der Waals surface area contributed by atoms with E-state index in [1.54, 1.807) is 6.07 Å². The fraction of sp³-hybridized carbons (Fsp3) is 0.435. The molecular formula is C23H29F2N6+. The molecule has 0 spiro atoms. The van der Waals surface area contributed by atoms with Gasteiger partial charge in [-0.05, 0) is 59.2 Å². The van der Waals surface area contributed by atoms with Gasteiger partial charge in [-0.1, -0.05) is 26.0 Å². The summed E-state index contributed by atoms with van der Waals surface area (Å²) < 4.78 is 29.7. The topological polar surface area (TPSA) is 51.3 Å². The SMILES string of the molecule is CC(C)CCn1nnnc1[C@H](c1ccc(F)cc1)[NH+]1CCN(c2ccccc2F)CC1. The van der Waals surface area contributed by atoms with Crippen molar-refractivity contribution >= 4 is 5.69 Å². The number of rotatable bonds is 7. The molecule has 1 fully saturated rings. The fourth-order valence-electron chi connectivity index (χ4n) is 4.21. The predicted molar refractivity (Wildman–Crippen MR) is 115 cm³/mol. The molecule has 2 heterocycles. The van der Waals surface area contributed by atoms with Crippen molar-refractivity contribution in [1.29, 1.82) is 0 Å². The van der Waals surface area contributed by atoms with Crippen LogP contribution in [0.4, 0.5) is 14.5 Å². The van der Waals surface area contributed by atoms with Gasteiger partial charge in [0.05, 0.1) is 31.9 Å². The minimum absolute atomic E-state index is 0.106. The van der Waals surface area contributed by atoms with Crippen LogP contribution >= 0.6 is 0 Å². The van der Waals surface area contributed by atoms with E-state index in [9.17, 15) is 8.78 Å². The summed E-state index contributed by atoms with van der Waals surface area (Å²) in [5, 5.41) is 12.6. The minimum atomic E-state index is -0.263. The monoisotopic (exact) mass is 427 g/mol. The van der Waals surface area contributed by atoms with Crippen molar-refractivity contribution in [2.24, 2.45) is 5.92 Å². The second-order valence-corrected chi connectivity index (χ2v) is 8.52. The van der Waals surface area contributed by atoms with Gasteiger partial charge in [0.1, 0.15) is 11.6 Å². The fourth-order valence-corrected chi connectivity index (χ4v) is 4.21. The Kier molecular flexibility index (Phi) is 6.56. The summed E-state index contributed by atoms with van der Waals surface area (Å²) in [6, 6.07) is 13.4. The number of hydrogen-bond donors (Lipinski definition) is 1. The molecule has 1 aromatic heterocycles. The maximum atomic E-state index is 14.2. The third kappa shape index (κ3) is 4.90. The lowest BCUT2D eigenvalue weighted by Gasteiger charge is -2.37. The van der Waals surface area contributed by atoms with E-state index in [0.717, 1.165) is 50.5 Å². The van der Waals surface area contributed by atoms with Gasteiger partial charge in [0.25, 0.3) is 0 Å². The Hall–Kier alpha value is -2.87. The Balaban J connectivity index is 1.59. The van der Waals surface area contributed by atoms with E-state index in [4.69, 9.17) is 0 Å². The van der Waals surface area contributed by atoms with Crippen molar-refractivity contribution in [3.05, 3.63) is 71.6 Å². The molecule has 4 rings (SSSR count). The molecule has 31 heavy (non-hydrogen) atoms. The molecule has 1 aliphatic rings. The lowest BCUT2D eigenvalue weighted by molar-refractivity contribution is -0.927. The molecule has 2 aromatic carbocycles. The van der Waals surface area contributed by atoms with Crippen LogP contribution in [-0.4, -0.2) is 46.4 Å². The first-order chi connectivity index (χ1) is 15.0. The molecule has 0 unspecified atom stereocenters. The Morgan fingerprint density at radius 1 is 1.00 bits per heavy atom. The van der Waals surface area contributed by atoms with E-state index in [-0.39, 0.29) is 17.7 Å². The molecule has 3 aromatic rings. The second kappa shape index (κ2) is 9.51. The number of hydrogen-bond acceptors (Lipinski definition) is 4. The number of halogens is 2. The van der Waals surface area contributed by atoms with Gasteiger partial charge < -0.3 is 9.80 Å². The third-order valence-corrected chi connectivity index (χ3v) is 5.95. The standard InChI is InChI=1S/C23H28F2N6/c1-17(2)11-12-31-23(26-27-28-31)22(18-7-9-19(24)10-8-18)30-15-13-29(14-16-30)21-6-4-3-5-20(21)25/h3-10,17,22H,11-16H2,1-2H3/p+1/t22-/m0/s1. The van der Waals surface area contributed by atoms with Crippen molar-refractivity contribution in [3.63, 3.8) is 0 Å². The highest BCUT2D eigenvalue weighted by Gasteiger charge is 2.34. The first-order valence-electron chi connectivity index (χ1n) is 10.9. The quantitative estimate of drug-likeness (QED) is 0.630. The zero-order chi connectivity index (χ0) is 21.8. The Morgan fingerprint density at radius 3 is 2.39 bits per heavy atom. The average Bonchev–Trinajstić information content (AvgIpc) is 3.23. The van der Waals surface area contributed by atoms with Crippen LogP contribution in [-0.2, 0) is 6.54 Å². The van der Waals surface area contributed by atoms with Gasteiger partial charge in [-0.25, -0.2) is 13.5 Å². The smallest absolute Gasteiger partial charge is 0.214 e. The lowest BCUT2D eigenvalue weighted by atomic mass is 10.0. The maximum Gasteiger partial charge on any atom is 0.214 e. The summed E-state index contributed by atoms with van der Waals surface area (Å²) in [6.45, 7) is 8.14. The normalized spacial score (nSPS) is 16.1. The van der Waals surface area contributed by atoms with Crippen LogP contribution in [0.3, 0.4) is 0 Å². The van der Waals surface area contributed by atoms with Crippen molar-refractivity contribution < 1.29 is 13.7 Å². The molecule has 0 bridgehead atoms. The van der Waals surface area contributed by atoms with Gasteiger partial charge in [-0.15, -0.1) is 5.10 Å². The second-order valence-electron chi connectivity index (χ2n) is 8.52. The van der Waals surface area contributed by atoms with E-state index in [1.807, 2.05) is 28.9 Å². The molecule has 0 radical (unpaired) electrons. The third-order valence-electron chi connectivity index (χ3n) is 5.95. The zero-order valence-electron chi connectivity index (χ0n) is 18.0. The zero-order valence-corrected chi connectivity index (χ0v) is 18.0. The summed E-state index contributed by atoms with van der Waals surface area (Å²) in [5.74, 6) is 0.875. The van der Waals surface area contributed by atoms with Gasteiger partial charge in [0, 0.05) is 12.1 Å². The van der Waals surface area contributed by atoms with Crippen molar-refractivity contribution in [3.8, 4) is 0 Å². The number of para-hydroxylation sites is 1. The van der Waals surface area contributed by atoms with E-state index in [2.05, 4.69) is 34.3 Å². The number of aryl methyl sites for hydroxylation is 1. The van der Waals surface area contributed by atoms with Crippen LogP contribution in [0.15, 0.2) is 48.5 Å². The first-order valence-corrected chi connectivity index (χ1v) is 10.9. The number of anilines is 1. The van der Waals surface area contributed by atoms with Crippen LogP contribution in [0.1, 0.15) is 37.7 Å². The van der Waals surface area contributed by atoms with Crippen LogP contribution < -0.4 is 9.80 Å². The molecule has 8 heteroatoms. The van der Waals surface area contributed by atoms with Crippen molar-refractivity contribution in [2.75, 3.05) is 31.1 Å². The highest BCUT2D eigenvalue weighted by molar-refractivity contribution is 5.47. The van der Waals surface area contributed by atoms with E-state index < -0.39 is 0 Å². The van der Waals surface area contributed by atoms with Crippen molar-refractivity contribution in [2.45, 2.75) is 32.9 Å². The molecule has 1 saturated heterocycles. The van der Waals surface area contributed by atoms with Crippen LogP contribution in [0, 0.1) is 17.6 Å². The number of tetrazole rings is 1. The summed E-state index contributed by atoms with van der Waals surface area (Å²) in [7, 11) is 0. The Bertz CT molecular complexity index is 980. The van der Waals surface area contributed by atoms with Crippen LogP contribution in [0.5, 0.6) is 0 Å². The van der Waals surface area contributed by atoms with E-state index in [0.29, 0.717) is 11.6 Å². The number of benzene rings is 2. The first kappa shape index (κ1) is 21.4. The van der Waals surface area contributed by atoms with E-state index in [1.165, 1.54) is 23.1 Å². The van der Waals surface area contributed by atoms with Crippen molar-refractivity contribution in [1.82, 2.24) is 20.2 Å². The minimum Gasteiger partial charge on any atom is -0.358 e. The average molecular weight is 428 g/mol. The van der Waals surface area contributed by atoms with Crippen LogP contribution in [0.25, 0.3) is 0 Å². The number of piperazine rings is 1. The molecule has 1 atom stereocenters. The number of nitrogens with zero attached hydrogens (tertiary/aromatic N) is 5. The van der Waals surface area contributed by atoms with Gasteiger partial charge in [-0.3, -0.25) is 0 Å². The summed E-state index contributed by atoms with van der Waals surface area (Å²) >= 11 is 0. The molecule has 0 aliphatic carbocycles. The molecular weight excluding hydrogens is 398 g/mol. The number of nitrogens with one attached hydrogen (secondary N) is 1. The Labute approximate surface area is 181 Å². The summed E-state index contributed by atoms with van der Waals surface area (Å²) in [5.41, 5.74) is 1.62. The predicted octanol–water partition coefficient (Wildman–Crippen LogP) is 2.49. The van der Waals surface area contributed by atoms with Crippen LogP contribution in [0.2, 0.25) is 0 Å². The van der Waals surface area contributed by atoms with Gasteiger partial charge >= 0.3 is 0 Å². The molecule has 1 N–H and O–H groups in total. The molecule has 0 amide bonds. The highest BCUT2D eigenvalue weighted by atomic mass is 19.1. The molecule has 6 nitrogen and oxygen atoms in total. The Morgan fingerprint density at radius 2 is 1.71 bits per heavy atom. The van der Waals surface area contributed by atoms with Gasteiger partial charge in [0.2, 0.25) is 5.82 Å². The van der Waals surface area contributed by atoms with Gasteiger partial charge in [0.15, 0.2) is 6.04 Å². The van der Waals surface area contributed by atoms with E-state index >= 15 is 0 Å². The number of aromatic nitrogens is 4. The molecule has 0 saturated carbocycles. The number of quaternary nitrogens is 1. The highest BCUT2D eigenvalue weighted by Crippen LogP contribution is 2.21. The lowest BCUT2D eigenvalue weighted by Crippen LogP contribution is -3.15. The summed E-state index contributed by atoms with van der Waals surface area (Å²) in [6.07, 6.45) is 0.977. The maximum absolute atomic E-state index is 14.2.